The van der Waals surface area contributed by atoms with Crippen LogP contribution in [-0.2, 0) is 4.79 Å². The number of amides is 4. The lowest BCUT2D eigenvalue weighted by molar-refractivity contribution is -0.119. The molecule has 0 aliphatic carbocycles. The van der Waals surface area contributed by atoms with Gasteiger partial charge in [0.1, 0.15) is 5.75 Å². The zero-order valence-electron chi connectivity index (χ0n) is 9.23. The topological polar surface area (TPSA) is 84.5 Å². The summed E-state index contributed by atoms with van der Waals surface area (Å²) < 4.78 is 4.78. The van der Waals surface area contributed by atoms with Gasteiger partial charge in [-0.15, -0.1) is 0 Å². The highest BCUT2D eigenvalue weighted by Crippen LogP contribution is 2.07. The lowest BCUT2D eigenvalue weighted by Crippen LogP contribution is -2.43. The molecule has 0 saturated heterocycles. The van der Waals surface area contributed by atoms with Crippen molar-refractivity contribution in [2.75, 3.05) is 0 Å². The van der Waals surface area contributed by atoms with Gasteiger partial charge in [-0.2, -0.15) is 0 Å². The second kappa shape index (κ2) is 6.26. The van der Waals surface area contributed by atoms with E-state index >= 15 is 0 Å². The van der Waals surface area contributed by atoms with Gasteiger partial charge in [-0.3, -0.25) is 10.1 Å². The molecule has 4 amide bonds. The van der Waals surface area contributed by atoms with Gasteiger partial charge in [0.2, 0.25) is 5.91 Å². The predicted molar refractivity (Wildman–Crippen MR) is 59.4 cm³/mol. The maximum atomic E-state index is 11.2. The maximum Gasteiger partial charge on any atom is 0.420 e. The minimum absolute atomic E-state index is 0.154. The normalized spacial score (nSPS) is 9.24. The van der Waals surface area contributed by atoms with Crippen LogP contribution >= 0.6 is 0 Å². The molecule has 0 atom stereocenters. The fraction of sp³-hybridized carbons (Fsp3) is 0.182. The fourth-order valence-corrected chi connectivity index (χ4v) is 0.960. The van der Waals surface area contributed by atoms with E-state index in [1.807, 2.05) is 10.6 Å². The van der Waals surface area contributed by atoms with Gasteiger partial charge in [-0.1, -0.05) is 25.1 Å². The lowest BCUT2D eigenvalue weighted by Gasteiger charge is -2.05. The Morgan fingerprint density at radius 1 is 1.12 bits per heavy atom. The molecule has 0 fully saturated rings. The quantitative estimate of drug-likeness (QED) is 0.813. The van der Waals surface area contributed by atoms with Gasteiger partial charge < -0.3 is 4.74 Å². The predicted octanol–water partition coefficient (Wildman–Crippen LogP) is 1.42. The number of para-hydroxylation sites is 1. The van der Waals surface area contributed by atoms with E-state index < -0.39 is 18.0 Å². The van der Waals surface area contributed by atoms with E-state index in [-0.39, 0.29) is 6.42 Å². The highest BCUT2D eigenvalue weighted by molar-refractivity contribution is 6.00. The number of hydrogen-bond donors (Lipinski definition) is 2. The summed E-state index contributed by atoms with van der Waals surface area (Å²) in [5.41, 5.74) is 0. The average molecular weight is 236 g/mol. The number of urea groups is 1. The molecule has 1 rings (SSSR count). The number of imide groups is 2. The SMILES string of the molecule is CCC(=O)NC(=O)NC(=O)Oc1ccccc1. The number of benzene rings is 1. The van der Waals surface area contributed by atoms with E-state index in [1.54, 1.807) is 37.3 Å². The summed E-state index contributed by atoms with van der Waals surface area (Å²) in [6, 6.07) is 7.35. The van der Waals surface area contributed by atoms with Gasteiger partial charge in [0.25, 0.3) is 0 Å². The summed E-state index contributed by atoms with van der Waals surface area (Å²) >= 11 is 0. The fourth-order valence-electron chi connectivity index (χ4n) is 0.960. The van der Waals surface area contributed by atoms with Gasteiger partial charge in [-0.05, 0) is 12.1 Å². The minimum Gasteiger partial charge on any atom is -0.410 e. The number of carbonyl (C=O) groups is 3. The van der Waals surface area contributed by atoms with Crippen LogP contribution in [0.5, 0.6) is 5.75 Å². The van der Waals surface area contributed by atoms with Crippen LogP contribution in [-0.4, -0.2) is 18.0 Å². The Bertz CT molecular complexity index is 417. The van der Waals surface area contributed by atoms with Crippen molar-refractivity contribution in [2.24, 2.45) is 0 Å². The van der Waals surface area contributed by atoms with E-state index in [0.717, 1.165) is 0 Å². The van der Waals surface area contributed by atoms with Crippen LogP contribution in [0.3, 0.4) is 0 Å². The summed E-state index contributed by atoms with van der Waals surface area (Å²) in [6.07, 6.45) is -0.793. The van der Waals surface area contributed by atoms with E-state index in [0.29, 0.717) is 5.75 Å². The first-order valence-electron chi connectivity index (χ1n) is 4.99. The molecule has 0 saturated carbocycles. The molecule has 0 aromatic heterocycles. The zero-order chi connectivity index (χ0) is 12.7. The first-order valence-corrected chi connectivity index (χ1v) is 4.99. The molecule has 17 heavy (non-hydrogen) atoms. The Balaban J connectivity index is 2.40. The van der Waals surface area contributed by atoms with Crippen molar-refractivity contribution in [3.05, 3.63) is 30.3 Å². The number of carbonyl (C=O) groups excluding carboxylic acids is 3. The van der Waals surface area contributed by atoms with Crippen LogP contribution in [0.1, 0.15) is 13.3 Å². The Morgan fingerprint density at radius 2 is 1.76 bits per heavy atom. The molecular weight excluding hydrogens is 224 g/mol. The smallest absolute Gasteiger partial charge is 0.410 e. The Labute approximate surface area is 98.0 Å². The lowest BCUT2D eigenvalue weighted by atomic mass is 10.3. The van der Waals surface area contributed by atoms with Gasteiger partial charge in [0.15, 0.2) is 0 Å². The largest absolute Gasteiger partial charge is 0.420 e. The summed E-state index contributed by atoms with van der Waals surface area (Å²) in [6.45, 7) is 1.59. The highest BCUT2D eigenvalue weighted by atomic mass is 16.6. The van der Waals surface area contributed by atoms with Crippen molar-refractivity contribution >= 4 is 18.0 Å². The Morgan fingerprint density at radius 3 is 2.35 bits per heavy atom. The molecule has 0 aliphatic heterocycles. The summed E-state index contributed by atoms with van der Waals surface area (Å²) in [7, 11) is 0. The van der Waals surface area contributed by atoms with Crippen molar-refractivity contribution in [2.45, 2.75) is 13.3 Å². The van der Waals surface area contributed by atoms with Crippen molar-refractivity contribution in [3.63, 3.8) is 0 Å². The molecular formula is C11H12N2O4. The number of ether oxygens (including phenoxy) is 1. The van der Waals surface area contributed by atoms with E-state index in [1.165, 1.54) is 0 Å². The Hall–Kier alpha value is -2.37. The standard InChI is InChI=1S/C11H12N2O4/c1-2-9(14)12-10(15)13-11(16)17-8-6-4-3-5-7-8/h3-7H,2H2,1H3,(H2,12,13,14,15,16). The molecule has 6 nitrogen and oxygen atoms in total. The van der Waals surface area contributed by atoms with Gasteiger partial charge in [-0.25, -0.2) is 14.9 Å². The molecule has 2 N–H and O–H groups in total. The van der Waals surface area contributed by atoms with Crippen molar-refractivity contribution in [1.29, 1.82) is 0 Å². The van der Waals surface area contributed by atoms with Crippen LogP contribution in [0.4, 0.5) is 9.59 Å². The molecule has 1 aromatic carbocycles. The Kier molecular flexibility index (Phi) is 4.68. The third-order valence-corrected chi connectivity index (χ3v) is 1.74. The molecule has 1 aromatic rings. The molecule has 0 radical (unpaired) electrons. The van der Waals surface area contributed by atoms with Crippen molar-refractivity contribution in [3.8, 4) is 5.75 Å². The summed E-state index contributed by atoms with van der Waals surface area (Å²) in [4.78, 5) is 33.1. The van der Waals surface area contributed by atoms with Crippen molar-refractivity contribution in [1.82, 2.24) is 10.6 Å². The average Bonchev–Trinajstić information content (AvgIpc) is 2.29. The van der Waals surface area contributed by atoms with Crippen molar-refractivity contribution < 1.29 is 19.1 Å². The molecule has 0 unspecified atom stereocenters. The number of nitrogens with one attached hydrogen (secondary N) is 2. The second-order valence-corrected chi connectivity index (χ2v) is 3.06. The van der Waals surface area contributed by atoms with E-state index in [4.69, 9.17) is 4.74 Å². The molecule has 0 bridgehead atoms. The molecule has 6 heteroatoms. The molecule has 0 spiro atoms. The maximum absolute atomic E-state index is 11.2. The second-order valence-electron chi connectivity index (χ2n) is 3.06. The first kappa shape index (κ1) is 12.7. The van der Waals surface area contributed by atoms with Gasteiger partial charge >= 0.3 is 12.1 Å². The van der Waals surface area contributed by atoms with E-state index in [9.17, 15) is 14.4 Å². The first-order chi connectivity index (χ1) is 8.11. The van der Waals surface area contributed by atoms with Crippen LogP contribution in [0.25, 0.3) is 0 Å². The third kappa shape index (κ3) is 4.78. The summed E-state index contributed by atoms with van der Waals surface area (Å²) in [5, 5.41) is 3.82. The van der Waals surface area contributed by atoms with Gasteiger partial charge in [0.05, 0.1) is 0 Å². The monoisotopic (exact) mass is 236 g/mol. The minimum atomic E-state index is -0.947. The highest BCUT2D eigenvalue weighted by Gasteiger charge is 2.11. The van der Waals surface area contributed by atoms with Crippen LogP contribution in [0.2, 0.25) is 0 Å². The zero-order valence-corrected chi connectivity index (χ0v) is 9.23. The number of rotatable bonds is 2. The third-order valence-electron chi connectivity index (χ3n) is 1.74. The van der Waals surface area contributed by atoms with Crippen LogP contribution < -0.4 is 15.4 Å². The van der Waals surface area contributed by atoms with Gasteiger partial charge in [0, 0.05) is 6.42 Å². The van der Waals surface area contributed by atoms with Crippen LogP contribution in [0.15, 0.2) is 30.3 Å². The molecule has 0 heterocycles. The summed E-state index contributed by atoms with van der Waals surface area (Å²) in [5.74, 6) is -0.172. The molecule has 90 valence electrons. The number of hydrogen-bond acceptors (Lipinski definition) is 4. The van der Waals surface area contributed by atoms with Crippen LogP contribution in [0, 0.1) is 0 Å². The van der Waals surface area contributed by atoms with E-state index in [2.05, 4.69) is 0 Å². The molecule has 0 aliphatic rings.